The summed E-state index contributed by atoms with van der Waals surface area (Å²) in [6, 6.07) is 9.13. The molecular weight excluding hydrogens is 308 g/mol. The predicted octanol–water partition coefficient (Wildman–Crippen LogP) is 2.63. The zero-order valence-electron chi connectivity index (χ0n) is 14.5. The molecule has 3 atom stereocenters. The van der Waals surface area contributed by atoms with E-state index < -0.39 is 11.9 Å². The van der Waals surface area contributed by atoms with Crippen LogP contribution in [-0.4, -0.2) is 52.2 Å². The number of methoxy groups -OCH3 is 4. The Morgan fingerprint density at radius 2 is 1.71 bits per heavy atom. The molecule has 0 aliphatic heterocycles. The van der Waals surface area contributed by atoms with Crippen molar-refractivity contribution in [3.8, 4) is 0 Å². The standard InChI is InChI=1S/C19H24O5/c1-21-17-15(10-11-16(20)14-8-6-5-7-9-14)12-13-19(23-3,24-4)18(17)22-2/h5-13,15,17-18H,1-4H3. The van der Waals surface area contributed by atoms with Gasteiger partial charge < -0.3 is 18.9 Å². The molecule has 0 saturated carbocycles. The minimum atomic E-state index is -1.01. The third-order valence-corrected chi connectivity index (χ3v) is 4.32. The predicted molar refractivity (Wildman–Crippen MR) is 90.9 cm³/mol. The number of ketones is 1. The summed E-state index contributed by atoms with van der Waals surface area (Å²) in [4.78, 5) is 12.2. The molecule has 1 aromatic rings. The Balaban J connectivity index is 2.23. The van der Waals surface area contributed by atoms with Crippen LogP contribution in [0, 0.1) is 5.92 Å². The fraction of sp³-hybridized carbons (Fsp3) is 0.421. The average molecular weight is 332 g/mol. The van der Waals surface area contributed by atoms with Gasteiger partial charge in [0.15, 0.2) is 5.78 Å². The van der Waals surface area contributed by atoms with Gasteiger partial charge in [-0.2, -0.15) is 0 Å². The van der Waals surface area contributed by atoms with E-state index in [0.29, 0.717) is 5.56 Å². The average Bonchev–Trinajstić information content (AvgIpc) is 2.65. The molecular formula is C19H24O5. The van der Waals surface area contributed by atoms with Crippen LogP contribution in [0.1, 0.15) is 10.4 Å². The molecule has 0 amide bonds. The van der Waals surface area contributed by atoms with Crippen LogP contribution in [0.25, 0.3) is 0 Å². The number of carbonyl (C=O) groups is 1. The number of rotatable bonds is 7. The molecule has 130 valence electrons. The smallest absolute Gasteiger partial charge is 0.217 e. The normalized spacial score (nSPS) is 25.9. The molecule has 0 heterocycles. The minimum Gasteiger partial charge on any atom is -0.378 e. The van der Waals surface area contributed by atoms with Crippen LogP contribution in [0.2, 0.25) is 0 Å². The van der Waals surface area contributed by atoms with Gasteiger partial charge in [0.1, 0.15) is 6.10 Å². The molecule has 0 aromatic heterocycles. The van der Waals surface area contributed by atoms with Crippen molar-refractivity contribution in [2.24, 2.45) is 5.92 Å². The number of ether oxygens (including phenoxy) is 4. The largest absolute Gasteiger partial charge is 0.378 e. The second-order valence-corrected chi connectivity index (χ2v) is 5.51. The molecule has 0 bridgehead atoms. The van der Waals surface area contributed by atoms with E-state index in [0.717, 1.165) is 0 Å². The molecule has 1 aromatic carbocycles. The van der Waals surface area contributed by atoms with E-state index in [1.54, 1.807) is 52.7 Å². The van der Waals surface area contributed by atoms with Gasteiger partial charge in [0, 0.05) is 39.9 Å². The van der Waals surface area contributed by atoms with Crippen LogP contribution in [0.5, 0.6) is 0 Å². The second kappa shape index (κ2) is 8.35. The lowest BCUT2D eigenvalue weighted by atomic mass is 9.85. The van der Waals surface area contributed by atoms with Gasteiger partial charge >= 0.3 is 0 Å². The van der Waals surface area contributed by atoms with Gasteiger partial charge in [-0.3, -0.25) is 4.79 Å². The van der Waals surface area contributed by atoms with Crippen molar-refractivity contribution < 1.29 is 23.7 Å². The summed E-state index contributed by atoms with van der Waals surface area (Å²) in [5, 5.41) is 0. The summed E-state index contributed by atoms with van der Waals surface area (Å²) >= 11 is 0. The van der Waals surface area contributed by atoms with Crippen molar-refractivity contribution in [3.63, 3.8) is 0 Å². The van der Waals surface area contributed by atoms with Crippen molar-refractivity contribution in [1.29, 1.82) is 0 Å². The Morgan fingerprint density at radius 1 is 1.04 bits per heavy atom. The third-order valence-electron chi connectivity index (χ3n) is 4.32. The first-order valence-electron chi connectivity index (χ1n) is 7.74. The van der Waals surface area contributed by atoms with Crippen LogP contribution in [0.3, 0.4) is 0 Å². The lowest BCUT2D eigenvalue weighted by Crippen LogP contribution is -2.56. The van der Waals surface area contributed by atoms with E-state index in [1.165, 1.54) is 0 Å². The highest BCUT2D eigenvalue weighted by atomic mass is 16.7. The van der Waals surface area contributed by atoms with Crippen molar-refractivity contribution >= 4 is 5.78 Å². The topological polar surface area (TPSA) is 54.0 Å². The monoisotopic (exact) mass is 332 g/mol. The van der Waals surface area contributed by atoms with E-state index in [-0.39, 0.29) is 17.8 Å². The van der Waals surface area contributed by atoms with E-state index in [2.05, 4.69) is 0 Å². The molecule has 0 radical (unpaired) electrons. The maximum absolute atomic E-state index is 12.2. The number of hydrogen-bond donors (Lipinski definition) is 0. The van der Waals surface area contributed by atoms with Crippen LogP contribution in [-0.2, 0) is 18.9 Å². The first-order valence-corrected chi connectivity index (χ1v) is 7.74. The molecule has 1 aliphatic rings. The zero-order chi connectivity index (χ0) is 17.6. The molecule has 0 saturated heterocycles. The van der Waals surface area contributed by atoms with Crippen LogP contribution < -0.4 is 0 Å². The molecule has 0 fully saturated rings. The Kier molecular flexibility index (Phi) is 6.45. The lowest BCUT2D eigenvalue weighted by Gasteiger charge is -2.43. The molecule has 1 aliphatic carbocycles. The molecule has 5 nitrogen and oxygen atoms in total. The summed E-state index contributed by atoms with van der Waals surface area (Å²) in [6.07, 6.45) is 6.28. The minimum absolute atomic E-state index is 0.0526. The first kappa shape index (κ1) is 18.5. The molecule has 24 heavy (non-hydrogen) atoms. The van der Waals surface area contributed by atoms with E-state index in [1.807, 2.05) is 30.4 Å². The van der Waals surface area contributed by atoms with Gasteiger partial charge in [0.2, 0.25) is 5.79 Å². The van der Waals surface area contributed by atoms with Crippen LogP contribution >= 0.6 is 0 Å². The van der Waals surface area contributed by atoms with E-state index in [4.69, 9.17) is 18.9 Å². The fourth-order valence-electron chi connectivity index (χ4n) is 2.98. The lowest BCUT2D eigenvalue weighted by molar-refractivity contribution is -0.263. The summed E-state index contributed by atoms with van der Waals surface area (Å²) < 4.78 is 22.2. The Bertz CT molecular complexity index is 589. The number of hydrogen-bond acceptors (Lipinski definition) is 5. The maximum Gasteiger partial charge on any atom is 0.217 e. The fourth-order valence-corrected chi connectivity index (χ4v) is 2.98. The summed E-state index contributed by atoms with van der Waals surface area (Å²) in [5.74, 6) is -1.20. The van der Waals surface area contributed by atoms with Gasteiger partial charge in [-0.05, 0) is 12.2 Å². The van der Waals surface area contributed by atoms with Crippen LogP contribution in [0.4, 0.5) is 0 Å². The van der Waals surface area contributed by atoms with Crippen molar-refractivity contribution in [3.05, 3.63) is 60.2 Å². The Labute approximate surface area is 142 Å². The summed E-state index contributed by atoms with van der Waals surface area (Å²) in [5.41, 5.74) is 0.647. The summed E-state index contributed by atoms with van der Waals surface area (Å²) in [6.45, 7) is 0. The van der Waals surface area contributed by atoms with Gasteiger partial charge in [-0.1, -0.05) is 42.5 Å². The van der Waals surface area contributed by atoms with E-state index in [9.17, 15) is 4.79 Å². The molecule has 3 unspecified atom stereocenters. The highest BCUT2D eigenvalue weighted by Gasteiger charge is 2.48. The third kappa shape index (κ3) is 3.65. The molecule has 0 spiro atoms. The Hall–Kier alpha value is -1.79. The molecule has 2 rings (SSSR count). The quantitative estimate of drug-likeness (QED) is 0.332. The molecule has 5 heteroatoms. The summed E-state index contributed by atoms with van der Waals surface area (Å²) in [7, 11) is 6.30. The second-order valence-electron chi connectivity index (χ2n) is 5.51. The zero-order valence-corrected chi connectivity index (χ0v) is 14.5. The van der Waals surface area contributed by atoms with Gasteiger partial charge in [0.25, 0.3) is 0 Å². The van der Waals surface area contributed by atoms with Crippen molar-refractivity contribution in [2.45, 2.75) is 18.0 Å². The van der Waals surface area contributed by atoms with Crippen molar-refractivity contribution in [2.75, 3.05) is 28.4 Å². The number of benzene rings is 1. The van der Waals surface area contributed by atoms with Gasteiger partial charge in [-0.15, -0.1) is 0 Å². The Morgan fingerprint density at radius 3 is 2.25 bits per heavy atom. The van der Waals surface area contributed by atoms with E-state index >= 15 is 0 Å². The highest BCUT2D eigenvalue weighted by Crippen LogP contribution is 2.34. The SMILES string of the molecule is COC1C(C=CC(=O)c2ccccc2)C=CC(OC)(OC)C1OC. The van der Waals surface area contributed by atoms with Crippen molar-refractivity contribution in [1.82, 2.24) is 0 Å². The van der Waals surface area contributed by atoms with Crippen LogP contribution in [0.15, 0.2) is 54.6 Å². The molecule has 0 N–H and O–H groups in total. The van der Waals surface area contributed by atoms with Gasteiger partial charge in [-0.25, -0.2) is 0 Å². The number of carbonyl (C=O) groups excluding carboxylic acids is 1. The van der Waals surface area contributed by atoms with Gasteiger partial charge in [0.05, 0.1) is 6.10 Å². The maximum atomic E-state index is 12.2. The highest BCUT2D eigenvalue weighted by molar-refractivity contribution is 6.04. The first-order chi connectivity index (χ1) is 11.6. The number of allylic oxidation sites excluding steroid dienone is 1.